The van der Waals surface area contributed by atoms with E-state index in [0.29, 0.717) is 11.4 Å². The van der Waals surface area contributed by atoms with Gasteiger partial charge in [-0.3, -0.25) is 4.79 Å². The van der Waals surface area contributed by atoms with E-state index in [1.807, 2.05) is 6.08 Å². The second-order valence-electron chi connectivity index (χ2n) is 4.14. The van der Waals surface area contributed by atoms with Crippen molar-refractivity contribution >= 4 is 40.8 Å². The molecule has 96 valence electrons. The lowest BCUT2D eigenvalue weighted by atomic mass is 10.1. The highest BCUT2D eigenvalue weighted by Gasteiger charge is 2.18. The van der Waals surface area contributed by atoms with E-state index in [4.69, 9.17) is 39.5 Å². The predicted molar refractivity (Wildman–Crippen MR) is 73.6 cm³/mol. The molecule has 0 aliphatic heterocycles. The molecule has 1 aromatic rings. The molecule has 0 N–H and O–H groups in total. The Morgan fingerprint density at radius 1 is 1.28 bits per heavy atom. The van der Waals surface area contributed by atoms with Crippen LogP contribution >= 0.6 is 34.8 Å². The molecule has 2 rings (SSSR count). The summed E-state index contributed by atoms with van der Waals surface area (Å²) in [5.74, 6) is 0.0923. The average molecular weight is 306 g/mol. The molecule has 0 bridgehead atoms. The molecule has 1 unspecified atom stereocenters. The molecule has 0 spiro atoms. The largest absolute Gasteiger partial charge is 0.423 e. The highest BCUT2D eigenvalue weighted by molar-refractivity contribution is 6.40. The third-order valence-corrected chi connectivity index (χ3v) is 3.50. The van der Waals surface area contributed by atoms with E-state index >= 15 is 0 Å². The number of rotatable bonds is 3. The van der Waals surface area contributed by atoms with Gasteiger partial charge >= 0.3 is 5.97 Å². The smallest absolute Gasteiger partial charge is 0.311 e. The third kappa shape index (κ3) is 3.41. The van der Waals surface area contributed by atoms with Crippen molar-refractivity contribution in [2.24, 2.45) is 5.92 Å². The molecule has 1 atom stereocenters. The molecule has 0 radical (unpaired) electrons. The van der Waals surface area contributed by atoms with Crippen LogP contribution in [0, 0.1) is 5.92 Å². The van der Waals surface area contributed by atoms with E-state index in [-0.39, 0.29) is 27.7 Å². The monoisotopic (exact) mass is 304 g/mol. The molecule has 2 nitrogen and oxygen atoms in total. The first-order chi connectivity index (χ1) is 8.56. The maximum absolute atomic E-state index is 11.8. The van der Waals surface area contributed by atoms with Gasteiger partial charge in [-0.15, -0.1) is 0 Å². The highest BCUT2D eigenvalue weighted by atomic mass is 35.5. The molecule has 5 heteroatoms. The minimum Gasteiger partial charge on any atom is -0.423 e. The number of halogens is 3. The lowest BCUT2D eigenvalue weighted by Gasteiger charge is -2.10. The van der Waals surface area contributed by atoms with Gasteiger partial charge in [0.2, 0.25) is 0 Å². The summed E-state index contributed by atoms with van der Waals surface area (Å²) in [5.41, 5.74) is 0. The Bertz CT molecular complexity index is 474. The van der Waals surface area contributed by atoms with Crippen molar-refractivity contribution in [1.29, 1.82) is 0 Å². The maximum Gasteiger partial charge on any atom is 0.311 e. The Morgan fingerprint density at radius 2 is 1.94 bits per heavy atom. The quantitative estimate of drug-likeness (QED) is 0.450. The molecule has 18 heavy (non-hydrogen) atoms. The molecule has 1 aliphatic rings. The van der Waals surface area contributed by atoms with Gasteiger partial charge in [-0.1, -0.05) is 47.0 Å². The zero-order chi connectivity index (χ0) is 13.1. The molecule has 0 saturated heterocycles. The maximum atomic E-state index is 11.8. The van der Waals surface area contributed by atoms with Crippen LogP contribution in [-0.4, -0.2) is 5.97 Å². The fourth-order valence-corrected chi connectivity index (χ4v) is 2.76. The normalized spacial score (nSPS) is 18.1. The van der Waals surface area contributed by atoms with Crippen LogP contribution in [0.2, 0.25) is 15.1 Å². The Hall–Kier alpha value is -0.700. The number of carbonyl (C=O) groups excluding carboxylic acids is 1. The summed E-state index contributed by atoms with van der Waals surface area (Å²) < 4.78 is 5.20. The number of allylic oxidation sites excluding steroid dienone is 2. The van der Waals surface area contributed by atoms with Gasteiger partial charge < -0.3 is 4.74 Å². The summed E-state index contributed by atoms with van der Waals surface area (Å²) in [5, 5.41) is 0.883. The van der Waals surface area contributed by atoms with Crippen molar-refractivity contribution in [3.63, 3.8) is 0 Å². The fourth-order valence-electron chi connectivity index (χ4n) is 1.86. The van der Waals surface area contributed by atoms with Gasteiger partial charge in [-0.2, -0.15) is 0 Å². The van der Waals surface area contributed by atoms with E-state index in [2.05, 4.69) is 6.08 Å². The first kappa shape index (κ1) is 13.7. The van der Waals surface area contributed by atoms with Crippen molar-refractivity contribution < 1.29 is 9.53 Å². The van der Waals surface area contributed by atoms with Gasteiger partial charge in [0.05, 0.1) is 16.5 Å². The first-order valence-corrected chi connectivity index (χ1v) is 6.71. The average Bonchev–Trinajstić information content (AvgIpc) is 2.76. The van der Waals surface area contributed by atoms with Gasteiger partial charge in [0.1, 0.15) is 0 Å². The molecule has 0 aromatic heterocycles. The zero-order valence-electron chi connectivity index (χ0n) is 9.46. The van der Waals surface area contributed by atoms with E-state index in [9.17, 15) is 4.79 Å². The minimum absolute atomic E-state index is 0.176. The minimum atomic E-state index is -0.335. The van der Waals surface area contributed by atoms with Gasteiger partial charge in [0.25, 0.3) is 0 Å². The summed E-state index contributed by atoms with van der Waals surface area (Å²) in [7, 11) is 0. The van der Waals surface area contributed by atoms with E-state index in [1.165, 1.54) is 12.1 Å². The zero-order valence-corrected chi connectivity index (χ0v) is 11.7. The molecule has 1 aliphatic carbocycles. The van der Waals surface area contributed by atoms with Crippen LogP contribution in [0.25, 0.3) is 0 Å². The van der Waals surface area contributed by atoms with E-state index in [0.717, 1.165) is 12.8 Å². The topological polar surface area (TPSA) is 26.3 Å². The summed E-state index contributed by atoms with van der Waals surface area (Å²) in [6.07, 6.45) is 6.44. The van der Waals surface area contributed by atoms with Gasteiger partial charge in [-0.05, 0) is 30.9 Å². The van der Waals surface area contributed by atoms with Crippen molar-refractivity contribution in [2.45, 2.75) is 19.3 Å². The van der Waals surface area contributed by atoms with Crippen LogP contribution in [0.15, 0.2) is 24.3 Å². The van der Waals surface area contributed by atoms with Gasteiger partial charge in [-0.25, -0.2) is 0 Å². The molecule has 0 fully saturated rings. The first-order valence-electron chi connectivity index (χ1n) is 5.58. The van der Waals surface area contributed by atoms with Crippen molar-refractivity contribution in [3.05, 3.63) is 39.4 Å². The summed E-state index contributed by atoms with van der Waals surface area (Å²) in [6, 6.07) is 2.99. The van der Waals surface area contributed by atoms with E-state index in [1.54, 1.807) is 0 Å². The molecule has 1 aromatic carbocycles. The van der Waals surface area contributed by atoms with Crippen LogP contribution in [0.3, 0.4) is 0 Å². The summed E-state index contributed by atoms with van der Waals surface area (Å²) >= 11 is 17.6. The van der Waals surface area contributed by atoms with Crippen LogP contribution in [-0.2, 0) is 4.79 Å². The highest BCUT2D eigenvalue weighted by Crippen LogP contribution is 2.36. The Morgan fingerprint density at radius 3 is 2.50 bits per heavy atom. The van der Waals surface area contributed by atoms with Crippen LogP contribution < -0.4 is 4.74 Å². The van der Waals surface area contributed by atoms with Crippen LogP contribution in [0.1, 0.15) is 19.3 Å². The molecule has 0 amide bonds. The number of hydrogen-bond acceptors (Lipinski definition) is 2. The number of carbonyl (C=O) groups is 1. The SMILES string of the molecule is O=C(CC1C=CCC1)Oc1c(Cl)cc(Cl)cc1Cl. The number of hydrogen-bond donors (Lipinski definition) is 0. The lowest BCUT2D eigenvalue weighted by molar-refractivity contribution is -0.135. The number of benzene rings is 1. The Labute approximate surface area is 120 Å². The second-order valence-corrected chi connectivity index (χ2v) is 5.39. The lowest BCUT2D eigenvalue weighted by Crippen LogP contribution is -2.12. The Kier molecular flexibility index (Phi) is 4.55. The van der Waals surface area contributed by atoms with Crippen molar-refractivity contribution in [3.8, 4) is 5.75 Å². The van der Waals surface area contributed by atoms with Crippen LogP contribution in [0.4, 0.5) is 0 Å². The van der Waals surface area contributed by atoms with Gasteiger partial charge in [0, 0.05) is 5.02 Å². The van der Waals surface area contributed by atoms with Crippen molar-refractivity contribution in [1.82, 2.24) is 0 Å². The third-order valence-electron chi connectivity index (χ3n) is 2.72. The Balaban J connectivity index is 2.04. The summed E-state index contributed by atoms with van der Waals surface area (Å²) in [4.78, 5) is 11.8. The molecular formula is C13H11Cl3O2. The van der Waals surface area contributed by atoms with Crippen LogP contribution in [0.5, 0.6) is 5.75 Å². The molecule has 0 heterocycles. The fraction of sp³-hybridized carbons (Fsp3) is 0.308. The standard InChI is InChI=1S/C13H11Cl3O2/c14-9-6-10(15)13(11(16)7-9)18-12(17)5-8-3-1-2-4-8/h1,3,6-8H,2,4-5H2. The second kappa shape index (κ2) is 5.96. The number of esters is 1. The van der Waals surface area contributed by atoms with Crippen molar-refractivity contribution in [2.75, 3.05) is 0 Å². The number of ether oxygens (including phenoxy) is 1. The predicted octanol–water partition coefficient (Wildman–Crippen LogP) is 4.91. The summed E-state index contributed by atoms with van der Waals surface area (Å²) in [6.45, 7) is 0. The van der Waals surface area contributed by atoms with E-state index < -0.39 is 0 Å². The molecule has 0 saturated carbocycles. The molecular weight excluding hydrogens is 294 g/mol. The van der Waals surface area contributed by atoms with Gasteiger partial charge in [0.15, 0.2) is 5.75 Å².